The Morgan fingerprint density at radius 1 is 1.21 bits per heavy atom. The Labute approximate surface area is 116 Å². The van der Waals surface area contributed by atoms with Gasteiger partial charge in [-0.3, -0.25) is 0 Å². The molecule has 1 aliphatic heterocycles. The van der Waals surface area contributed by atoms with E-state index in [2.05, 4.69) is 57.2 Å². The number of rotatable bonds is 3. The van der Waals surface area contributed by atoms with Crippen molar-refractivity contribution in [1.82, 2.24) is 10.2 Å². The number of aryl methyl sites for hydroxylation is 1. The topological polar surface area (TPSA) is 24.5 Å². The number of nitrogens with zero attached hydrogens (tertiary/aromatic N) is 1. The van der Waals surface area contributed by atoms with Crippen molar-refractivity contribution in [3.63, 3.8) is 0 Å². The monoisotopic (exact) mass is 262 g/mol. The maximum atomic E-state index is 5.98. The molecule has 2 unspecified atom stereocenters. The van der Waals surface area contributed by atoms with Crippen LogP contribution in [0, 0.1) is 20.8 Å². The normalized spacial score (nSPS) is 21.7. The van der Waals surface area contributed by atoms with Crippen LogP contribution in [-0.4, -0.2) is 44.8 Å². The van der Waals surface area contributed by atoms with E-state index in [1.165, 1.54) is 22.3 Å². The molecule has 0 radical (unpaired) electrons. The summed E-state index contributed by atoms with van der Waals surface area (Å²) >= 11 is 0. The quantitative estimate of drug-likeness (QED) is 0.904. The fraction of sp³-hybridized carbons (Fsp3) is 0.625. The minimum Gasteiger partial charge on any atom is -0.374 e. The molecule has 1 fully saturated rings. The Bertz CT molecular complexity index is 437. The lowest BCUT2D eigenvalue weighted by Crippen LogP contribution is -2.45. The molecule has 1 aliphatic rings. The Morgan fingerprint density at radius 3 is 2.53 bits per heavy atom. The Hall–Kier alpha value is -0.900. The zero-order valence-electron chi connectivity index (χ0n) is 12.8. The summed E-state index contributed by atoms with van der Waals surface area (Å²) in [5.74, 6) is 0. The third-order valence-electron chi connectivity index (χ3n) is 4.28. The lowest BCUT2D eigenvalue weighted by Gasteiger charge is -2.36. The van der Waals surface area contributed by atoms with Crippen molar-refractivity contribution in [3.05, 3.63) is 34.4 Å². The molecule has 0 bridgehead atoms. The van der Waals surface area contributed by atoms with Crippen molar-refractivity contribution in [1.29, 1.82) is 0 Å². The third kappa shape index (κ3) is 2.99. The van der Waals surface area contributed by atoms with E-state index in [0.717, 1.165) is 19.7 Å². The molecule has 2 atom stereocenters. The average molecular weight is 262 g/mol. The van der Waals surface area contributed by atoms with Gasteiger partial charge in [-0.15, -0.1) is 0 Å². The molecule has 2 rings (SSSR count). The van der Waals surface area contributed by atoms with Crippen molar-refractivity contribution in [3.8, 4) is 0 Å². The molecule has 0 saturated carbocycles. The van der Waals surface area contributed by atoms with Gasteiger partial charge in [0.05, 0.1) is 18.8 Å². The van der Waals surface area contributed by atoms with E-state index in [9.17, 15) is 0 Å². The fourth-order valence-corrected chi connectivity index (χ4v) is 2.90. The minimum atomic E-state index is 0.226. The molecule has 1 aromatic carbocycles. The number of likely N-dealkylation sites (N-methyl/N-ethyl adjacent to an activating group) is 1. The van der Waals surface area contributed by atoms with Crippen molar-refractivity contribution in [2.75, 3.05) is 33.8 Å². The third-order valence-corrected chi connectivity index (χ3v) is 4.28. The summed E-state index contributed by atoms with van der Waals surface area (Å²) in [6, 6.07) is 4.80. The van der Waals surface area contributed by atoms with Crippen LogP contribution in [0.5, 0.6) is 0 Å². The van der Waals surface area contributed by atoms with E-state index >= 15 is 0 Å². The van der Waals surface area contributed by atoms with Crippen LogP contribution < -0.4 is 5.32 Å². The van der Waals surface area contributed by atoms with Gasteiger partial charge in [-0.25, -0.2) is 0 Å². The number of nitrogens with one attached hydrogen (secondary N) is 1. The average Bonchev–Trinajstić information content (AvgIpc) is 2.40. The predicted molar refractivity (Wildman–Crippen MR) is 79.7 cm³/mol. The molecule has 3 heteroatoms. The first-order valence-electron chi connectivity index (χ1n) is 7.08. The Morgan fingerprint density at radius 2 is 1.95 bits per heavy atom. The van der Waals surface area contributed by atoms with Crippen molar-refractivity contribution in [2.24, 2.45) is 0 Å². The highest BCUT2D eigenvalue weighted by molar-refractivity contribution is 5.40. The van der Waals surface area contributed by atoms with Gasteiger partial charge in [0.1, 0.15) is 0 Å². The number of ether oxygens (including phenoxy) is 1. The molecule has 19 heavy (non-hydrogen) atoms. The Balaban J connectivity index is 2.36. The number of hydrogen-bond donors (Lipinski definition) is 1. The minimum absolute atomic E-state index is 0.226. The zero-order chi connectivity index (χ0) is 14.0. The zero-order valence-corrected chi connectivity index (χ0v) is 12.8. The molecule has 3 nitrogen and oxygen atoms in total. The van der Waals surface area contributed by atoms with E-state index in [4.69, 9.17) is 4.74 Å². The van der Waals surface area contributed by atoms with Gasteiger partial charge in [0.2, 0.25) is 0 Å². The molecule has 1 saturated heterocycles. The molecule has 0 amide bonds. The first-order chi connectivity index (χ1) is 9.02. The van der Waals surface area contributed by atoms with Crippen LogP contribution in [0.15, 0.2) is 12.1 Å². The van der Waals surface area contributed by atoms with Crippen molar-refractivity contribution < 1.29 is 4.74 Å². The predicted octanol–water partition coefficient (Wildman–Crippen LogP) is 2.20. The summed E-state index contributed by atoms with van der Waals surface area (Å²) in [4.78, 5) is 2.27. The Kier molecular flexibility index (Phi) is 4.61. The fourth-order valence-electron chi connectivity index (χ4n) is 2.90. The summed E-state index contributed by atoms with van der Waals surface area (Å²) in [5, 5.41) is 3.43. The van der Waals surface area contributed by atoms with E-state index in [1.54, 1.807) is 0 Å². The van der Waals surface area contributed by atoms with Crippen molar-refractivity contribution in [2.45, 2.75) is 32.9 Å². The van der Waals surface area contributed by atoms with Gasteiger partial charge in [0.15, 0.2) is 0 Å². The largest absolute Gasteiger partial charge is 0.374 e. The SMILES string of the molecule is Cc1ccc(C(C2CNCCO2)N(C)C)c(C)c1C. The van der Waals surface area contributed by atoms with E-state index < -0.39 is 0 Å². The highest BCUT2D eigenvalue weighted by Gasteiger charge is 2.29. The molecule has 1 aromatic rings. The van der Waals surface area contributed by atoms with Gasteiger partial charge in [-0.1, -0.05) is 12.1 Å². The molecular formula is C16H26N2O. The molecule has 1 heterocycles. The number of benzene rings is 1. The van der Waals surface area contributed by atoms with E-state index in [1.807, 2.05) is 0 Å². The summed E-state index contributed by atoms with van der Waals surface area (Å²) in [5.41, 5.74) is 5.55. The van der Waals surface area contributed by atoms with Gasteiger partial charge in [-0.2, -0.15) is 0 Å². The van der Waals surface area contributed by atoms with Gasteiger partial charge < -0.3 is 15.0 Å². The van der Waals surface area contributed by atoms with Crippen LogP contribution in [0.2, 0.25) is 0 Å². The summed E-state index contributed by atoms with van der Waals surface area (Å²) in [6.45, 7) is 9.30. The molecule has 0 aliphatic carbocycles. The van der Waals surface area contributed by atoms with Gasteiger partial charge in [0, 0.05) is 13.1 Å². The van der Waals surface area contributed by atoms with Gasteiger partial charge in [-0.05, 0) is 57.1 Å². The second-order valence-electron chi connectivity index (χ2n) is 5.74. The van der Waals surface area contributed by atoms with Gasteiger partial charge in [0.25, 0.3) is 0 Å². The second-order valence-corrected chi connectivity index (χ2v) is 5.74. The van der Waals surface area contributed by atoms with E-state index in [0.29, 0.717) is 6.04 Å². The van der Waals surface area contributed by atoms with Crippen LogP contribution in [0.3, 0.4) is 0 Å². The first kappa shape index (κ1) is 14.5. The lowest BCUT2D eigenvalue weighted by molar-refractivity contribution is -0.0213. The van der Waals surface area contributed by atoms with Crippen LogP contribution in [0.4, 0.5) is 0 Å². The standard InChI is InChI=1S/C16H26N2O/c1-11-6-7-14(13(3)12(11)2)16(18(4)5)15-10-17-8-9-19-15/h6-7,15-17H,8-10H2,1-5H3. The summed E-state index contributed by atoms with van der Waals surface area (Å²) in [6.07, 6.45) is 0.226. The van der Waals surface area contributed by atoms with E-state index in [-0.39, 0.29) is 6.10 Å². The summed E-state index contributed by atoms with van der Waals surface area (Å²) < 4.78 is 5.98. The number of morpholine rings is 1. The van der Waals surface area contributed by atoms with Crippen LogP contribution >= 0.6 is 0 Å². The van der Waals surface area contributed by atoms with Crippen LogP contribution in [0.1, 0.15) is 28.3 Å². The smallest absolute Gasteiger partial charge is 0.0896 e. The molecule has 1 N–H and O–H groups in total. The molecule has 106 valence electrons. The molecular weight excluding hydrogens is 236 g/mol. The van der Waals surface area contributed by atoms with Gasteiger partial charge >= 0.3 is 0 Å². The highest BCUT2D eigenvalue weighted by Crippen LogP contribution is 2.30. The van der Waals surface area contributed by atoms with Crippen LogP contribution in [-0.2, 0) is 4.74 Å². The highest BCUT2D eigenvalue weighted by atomic mass is 16.5. The van der Waals surface area contributed by atoms with Crippen LogP contribution in [0.25, 0.3) is 0 Å². The maximum absolute atomic E-state index is 5.98. The maximum Gasteiger partial charge on any atom is 0.0896 e. The molecule has 0 spiro atoms. The second kappa shape index (κ2) is 6.04. The molecule has 0 aromatic heterocycles. The number of hydrogen-bond acceptors (Lipinski definition) is 3. The van der Waals surface area contributed by atoms with Crippen molar-refractivity contribution >= 4 is 0 Å². The lowest BCUT2D eigenvalue weighted by atomic mass is 9.90. The summed E-state index contributed by atoms with van der Waals surface area (Å²) in [7, 11) is 4.27. The first-order valence-corrected chi connectivity index (χ1v) is 7.08.